The largest absolute Gasteiger partial charge is 0.478 e. The van der Waals surface area contributed by atoms with Gasteiger partial charge in [0.05, 0.1) is 30.5 Å². The first kappa shape index (κ1) is 19.2. The number of morpholine rings is 1. The van der Waals surface area contributed by atoms with E-state index in [1.54, 1.807) is 0 Å². The maximum Gasteiger partial charge on any atom is 0.338 e. The molecule has 3 heterocycles. The Morgan fingerprint density at radius 1 is 1.10 bits per heavy atom. The van der Waals surface area contributed by atoms with Crippen LogP contribution in [0, 0.1) is 6.92 Å². The van der Waals surface area contributed by atoms with Crippen molar-refractivity contribution in [1.29, 1.82) is 0 Å². The van der Waals surface area contributed by atoms with E-state index < -0.39 is 5.97 Å². The number of anilines is 1. The molecule has 0 radical (unpaired) electrons. The van der Waals surface area contributed by atoms with Crippen LogP contribution in [0.3, 0.4) is 0 Å². The van der Waals surface area contributed by atoms with Crippen molar-refractivity contribution in [2.24, 2.45) is 0 Å². The van der Waals surface area contributed by atoms with Gasteiger partial charge in [0.25, 0.3) is 5.95 Å². The minimum atomic E-state index is -1.04. The second kappa shape index (κ2) is 7.81. The van der Waals surface area contributed by atoms with Gasteiger partial charge in [-0.15, -0.1) is 0 Å². The molecule has 2 aromatic carbocycles. The fourth-order valence-electron chi connectivity index (χ4n) is 3.83. The van der Waals surface area contributed by atoms with Gasteiger partial charge in [0.15, 0.2) is 0 Å². The minimum absolute atomic E-state index is 0.0894. The number of hydrogen-bond donors (Lipinski definition) is 1. The monoisotopic (exact) mass is 415 g/mol. The number of carboxylic acid groups (broad SMARTS) is 1. The predicted molar refractivity (Wildman–Crippen MR) is 117 cm³/mol. The fraction of sp³-hybridized carbons (Fsp3) is 0.217. The van der Waals surface area contributed by atoms with Crippen molar-refractivity contribution >= 4 is 22.7 Å². The van der Waals surface area contributed by atoms with Gasteiger partial charge in [-0.25, -0.2) is 14.5 Å². The van der Waals surface area contributed by atoms with Crippen molar-refractivity contribution in [1.82, 2.24) is 19.7 Å². The molecule has 1 saturated heterocycles. The number of carbonyl (C=O) groups is 1. The highest BCUT2D eigenvalue weighted by molar-refractivity contribution is 5.94. The molecule has 156 valence electrons. The van der Waals surface area contributed by atoms with E-state index in [0.29, 0.717) is 19.2 Å². The molecule has 1 N–H and O–H groups in total. The van der Waals surface area contributed by atoms with Crippen molar-refractivity contribution in [2.45, 2.75) is 6.92 Å². The van der Waals surface area contributed by atoms with Crippen LogP contribution < -0.4 is 4.90 Å². The summed E-state index contributed by atoms with van der Waals surface area (Å²) in [5.74, 6) is 0.0968. The van der Waals surface area contributed by atoms with Crippen LogP contribution in [0.15, 0.2) is 54.9 Å². The molecule has 1 aliphatic rings. The van der Waals surface area contributed by atoms with Gasteiger partial charge in [0.2, 0.25) is 0 Å². The Bertz CT molecular complexity index is 1280. The summed E-state index contributed by atoms with van der Waals surface area (Å²) in [7, 11) is 0. The van der Waals surface area contributed by atoms with Crippen LogP contribution in [0.1, 0.15) is 15.9 Å². The van der Waals surface area contributed by atoms with Gasteiger partial charge >= 0.3 is 5.97 Å². The molecule has 0 spiro atoms. The molecule has 5 rings (SSSR count). The van der Waals surface area contributed by atoms with Gasteiger partial charge in [-0.1, -0.05) is 30.3 Å². The molecule has 8 heteroatoms. The summed E-state index contributed by atoms with van der Waals surface area (Å²) in [5.41, 5.74) is 4.33. The lowest BCUT2D eigenvalue weighted by Crippen LogP contribution is -2.37. The van der Waals surface area contributed by atoms with E-state index in [9.17, 15) is 9.90 Å². The number of aromatic carboxylic acids is 1. The normalized spacial score (nSPS) is 14.2. The Balaban J connectivity index is 1.68. The molecule has 1 fully saturated rings. The van der Waals surface area contributed by atoms with Gasteiger partial charge in [0.1, 0.15) is 5.82 Å². The summed E-state index contributed by atoms with van der Waals surface area (Å²) in [6.45, 7) is 4.80. The molecule has 0 bridgehead atoms. The number of nitrogens with zero attached hydrogens (tertiary/aromatic N) is 5. The lowest BCUT2D eigenvalue weighted by atomic mass is 9.99. The maximum absolute atomic E-state index is 11.3. The molecule has 0 amide bonds. The van der Waals surface area contributed by atoms with Crippen LogP contribution >= 0.6 is 0 Å². The summed E-state index contributed by atoms with van der Waals surface area (Å²) in [6, 6.07) is 14.4. The standard InChI is InChI=1S/C23H21N5O3/c1-15-4-2-3-5-18(15)16-6-7-20-19(12-16)21(27-8-10-31-11-9-27)26-23(25-20)28-14-17(13-24-28)22(29)30/h2-7,12-14H,8-11H2,1H3,(H,29,30). The quantitative estimate of drug-likeness (QED) is 0.546. The Morgan fingerprint density at radius 2 is 1.90 bits per heavy atom. The molecule has 0 saturated carbocycles. The highest BCUT2D eigenvalue weighted by atomic mass is 16.5. The van der Waals surface area contributed by atoms with Crippen LogP contribution in [-0.4, -0.2) is 57.1 Å². The summed E-state index contributed by atoms with van der Waals surface area (Å²) in [4.78, 5) is 22.9. The zero-order chi connectivity index (χ0) is 21.4. The number of aromatic nitrogens is 4. The lowest BCUT2D eigenvalue weighted by molar-refractivity contribution is 0.0697. The first-order valence-electron chi connectivity index (χ1n) is 10.1. The molecule has 31 heavy (non-hydrogen) atoms. The van der Waals surface area contributed by atoms with Gasteiger partial charge in [-0.2, -0.15) is 10.1 Å². The van der Waals surface area contributed by atoms with E-state index in [4.69, 9.17) is 9.72 Å². The van der Waals surface area contributed by atoms with Crippen molar-refractivity contribution in [2.75, 3.05) is 31.2 Å². The van der Waals surface area contributed by atoms with Crippen LogP contribution in [0.25, 0.3) is 28.0 Å². The van der Waals surface area contributed by atoms with Crippen LogP contribution in [-0.2, 0) is 4.74 Å². The summed E-state index contributed by atoms with van der Waals surface area (Å²) in [6.07, 6.45) is 2.72. The second-order valence-electron chi connectivity index (χ2n) is 7.47. The number of carboxylic acids is 1. The molecule has 0 aliphatic carbocycles. The number of fused-ring (bicyclic) bond motifs is 1. The SMILES string of the molecule is Cc1ccccc1-c1ccc2nc(-n3cc(C(=O)O)cn3)nc(N3CCOCC3)c2c1. The number of benzene rings is 2. The third-order valence-corrected chi connectivity index (χ3v) is 5.46. The third kappa shape index (κ3) is 3.62. The molecule has 2 aromatic heterocycles. The second-order valence-corrected chi connectivity index (χ2v) is 7.47. The summed E-state index contributed by atoms with van der Waals surface area (Å²) in [5, 5.41) is 14.3. The zero-order valence-electron chi connectivity index (χ0n) is 17.0. The first-order valence-corrected chi connectivity index (χ1v) is 10.1. The Hall–Kier alpha value is -3.78. The number of rotatable bonds is 4. The summed E-state index contributed by atoms with van der Waals surface area (Å²) >= 11 is 0. The molecular formula is C23H21N5O3. The van der Waals surface area contributed by atoms with Crippen molar-refractivity contribution in [3.8, 4) is 17.1 Å². The van der Waals surface area contributed by atoms with E-state index in [1.807, 2.05) is 18.2 Å². The highest BCUT2D eigenvalue weighted by Crippen LogP contribution is 2.31. The summed E-state index contributed by atoms with van der Waals surface area (Å²) < 4.78 is 6.92. The highest BCUT2D eigenvalue weighted by Gasteiger charge is 2.19. The number of hydrogen-bond acceptors (Lipinski definition) is 6. The van der Waals surface area contributed by atoms with Crippen LogP contribution in [0.4, 0.5) is 5.82 Å². The van der Waals surface area contributed by atoms with E-state index in [0.717, 1.165) is 35.4 Å². The maximum atomic E-state index is 11.3. The van der Waals surface area contributed by atoms with E-state index in [1.165, 1.54) is 28.2 Å². The van der Waals surface area contributed by atoms with Crippen molar-refractivity contribution < 1.29 is 14.6 Å². The molecule has 0 atom stereocenters. The van der Waals surface area contributed by atoms with Gasteiger partial charge in [0, 0.05) is 24.7 Å². The number of ether oxygens (including phenoxy) is 1. The van der Waals surface area contributed by atoms with Gasteiger partial charge < -0.3 is 14.7 Å². The van der Waals surface area contributed by atoms with Gasteiger partial charge in [-0.05, 0) is 35.7 Å². The smallest absolute Gasteiger partial charge is 0.338 e. The van der Waals surface area contributed by atoms with E-state index >= 15 is 0 Å². The minimum Gasteiger partial charge on any atom is -0.478 e. The van der Waals surface area contributed by atoms with Crippen molar-refractivity contribution in [3.63, 3.8) is 0 Å². The van der Waals surface area contributed by atoms with Gasteiger partial charge in [-0.3, -0.25) is 0 Å². The molecular weight excluding hydrogens is 394 g/mol. The Labute approximate surface area is 178 Å². The Kier molecular flexibility index (Phi) is 4.83. The zero-order valence-corrected chi connectivity index (χ0v) is 17.0. The molecule has 1 aliphatic heterocycles. The number of aryl methyl sites for hydroxylation is 1. The molecule has 4 aromatic rings. The van der Waals surface area contributed by atoms with E-state index in [-0.39, 0.29) is 5.56 Å². The lowest BCUT2D eigenvalue weighted by Gasteiger charge is -2.29. The van der Waals surface area contributed by atoms with Crippen molar-refractivity contribution in [3.05, 3.63) is 66.0 Å². The topological polar surface area (TPSA) is 93.4 Å². The van der Waals surface area contributed by atoms with Crippen LogP contribution in [0.5, 0.6) is 0 Å². The third-order valence-electron chi connectivity index (χ3n) is 5.46. The molecule has 0 unspecified atom stereocenters. The van der Waals surface area contributed by atoms with Crippen LogP contribution in [0.2, 0.25) is 0 Å². The van der Waals surface area contributed by atoms with E-state index in [2.05, 4.69) is 46.2 Å². The average Bonchev–Trinajstić information content (AvgIpc) is 3.30. The average molecular weight is 415 g/mol. The Morgan fingerprint density at radius 3 is 2.65 bits per heavy atom. The molecule has 8 nitrogen and oxygen atoms in total. The predicted octanol–water partition coefficient (Wildman–Crippen LogP) is 3.33. The fourth-order valence-corrected chi connectivity index (χ4v) is 3.83. The first-order chi connectivity index (χ1) is 15.1.